The monoisotopic (exact) mass is 239 g/mol. The van der Waals surface area contributed by atoms with E-state index in [-0.39, 0.29) is 0 Å². The Morgan fingerprint density at radius 2 is 1.87 bits per heavy atom. The second-order valence-corrected chi connectivity index (χ2v) is 4.56. The Hall–Kier alpha value is -0.540. The summed E-state index contributed by atoms with van der Waals surface area (Å²) in [5.74, 6) is 0. The number of carbonyl (C=O) groups is 1. The molecule has 6 N–H and O–H groups in total. The van der Waals surface area contributed by atoms with Crippen molar-refractivity contribution >= 4 is 17.9 Å². The quantitative estimate of drug-likeness (QED) is 0.321. The van der Waals surface area contributed by atoms with Gasteiger partial charge >= 0.3 is 6.09 Å². The topological polar surface area (TPSA) is 130 Å². The highest BCUT2D eigenvalue weighted by Crippen LogP contribution is 2.30. The molecule has 0 radical (unpaired) electrons. The van der Waals surface area contributed by atoms with Crippen LogP contribution in [0.1, 0.15) is 0 Å². The van der Waals surface area contributed by atoms with Crippen molar-refractivity contribution in [2.45, 2.75) is 28.9 Å². The molecule has 5 atom stereocenters. The molecule has 0 unspecified atom stereocenters. The molecule has 1 rings (SSSR count). The molecule has 8 heteroatoms. The minimum Gasteiger partial charge on any atom is -0.465 e. The Kier molecular flexibility index (Phi) is 4.17. The van der Waals surface area contributed by atoms with Gasteiger partial charge in [0, 0.05) is 0 Å². The smallest absolute Gasteiger partial charge is 0.405 e. The molecule has 0 aromatic rings. The summed E-state index contributed by atoms with van der Waals surface area (Å²) in [7, 11) is 0. The van der Waals surface area contributed by atoms with Crippen LogP contribution in [0.3, 0.4) is 0 Å². The second kappa shape index (κ2) is 4.99. The van der Waals surface area contributed by atoms with E-state index in [1.54, 1.807) is 0 Å². The molecule has 1 amide bonds. The predicted molar refractivity (Wildman–Crippen MR) is 51.4 cm³/mol. The third-order valence-corrected chi connectivity index (χ3v) is 3.54. The number of rotatable bonds is 2. The van der Waals surface area contributed by atoms with Crippen LogP contribution in [-0.4, -0.2) is 67.2 Å². The van der Waals surface area contributed by atoms with E-state index in [0.29, 0.717) is 0 Å². The largest absolute Gasteiger partial charge is 0.465 e. The van der Waals surface area contributed by atoms with Gasteiger partial charge in [-0.05, 0) is 0 Å². The van der Waals surface area contributed by atoms with Gasteiger partial charge in [0.15, 0.2) is 0 Å². The van der Waals surface area contributed by atoms with Gasteiger partial charge in [0.2, 0.25) is 0 Å². The molecule has 1 aliphatic rings. The van der Waals surface area contributed by atoms with Crippen LogP contribution in [-0.2, 0) is 0 Å². The van der Waals surface area contributed by atoms with Gasteiger partial charge in [-0.1, -0.05) is 0 Å². The normalized spacial score (nSPS) is 41.2. The highest BCUT2D eigenvalue weighted by Gasteiger charge is 2.43. The zero-order valence-electron chi connectivity index (χ0n) is 7.65. The van der Waals surface area contributed by atoms with Crippen molar-refractivity contribution in [2.24, 2.45) is 0 Å². The Morgan fingerprint density at radius 3 is 2.33 bits per heavy atom. The number of nitrogens with one attached hydrogen (secondary N) is 1. The third-order valence-electron chi connectivity index (χ3n) is 2.19. The lowest BCUT2D eigenvalue weighted by Gasteiger charge is -2.39. The molecule has 0 aromatic heterocycles. The first-order chi connectivity index (χ1) is 6.97. The van der Waals surface area contributed by atoms with Crippen LogP contribution in [0.4, 0.5) is 4.79 Å². The van der Waals surface area contributed by atoms with E-state index in [1.807, 2.05) is 5.32 Å². The number of aliphatic hydroxyl groups is 4. The Bertz CT molecular complexity index is 240. The lowest BCUT2D eigenvalue weighted by Crippen LogP contribution is -2.60. The van der Waals surface area contributed by atoms with Crippen LogP contribution in [0.5, 0.6) is 0 Å². The molecular weight excluding hydrogens is 226 g/mol. The van der Waals surface area contributed by atoms with E-state index in [9.17, 15) is 20.1 Å². The van der Waals surface area contributed by atoms with E-state index in [4.69, 9.17) is 10.2 Å². The number of carboxylic acid groups (broad SMARTS) is 1. The molecule has 1 aliphatic heterocycles. The zero-order chi connectivity index (χ0) is 11.6. The van der Waals surface area contributed by atoms with Crippen molar-refractivity contribution in [2.75, 3.05) is 6.61 Å². The summed E-state index contributed by atoms with van der Waals surface area (Å²) in [6.07, 6.45) is -4.11. The van der Waals surface area contributed by atoms with E-state index in [2.05, 4.69) is 0 Å². The molecule has 15 heavy (non-hydrogen) atoms. The lowest BCUT2D eigenvalue weighted by molar-refractivity contribution is -0.0357. The second-order valence-electron chi connectivity index (χ2n) is 3.20. The maximum atomic E-state index is 10.3. The van der Waals surface area contributed by atoms with Gasteiger partial charge in [-0.25, -0.2) is 4.79 Å². The van der Waals surface area contributed by atoms with Crippen LogP contribution in [0.2, 0.25) is 0 Å². The summed E-state index contributed by atoms with van der Waals surface area (Å²) in [5, 5.41) is 46.9. The summed E-state index contributed by atoms with van der Waals surface area (Å²) >= 11 is 0.818. The van der Waals surface area contributed by atoms with Gasteiger partial charge in [-0.15, -0.1) is 11.8 Å². The van der Waals surface area contributed by atoms with E-state index < -0.39 is 41.6 Å². The number of amides is 1. The fourth-order valence-corrected chi connectivity index (χ4v) is 2.56. The molecule has 1 fully saturated rings. The number of aliphatic hydroxyl groups excluding tert-OH is 4. The van der Waals surface area contributed by atoms with Crippen LogP contribution in [0.25, 0.3) is 0 Å². The van der Waals surface area contributed by atoms with Crippen molar-refractivity contribution in [1.29, 1.82) is 0 Å². The van der Waals surface area contributed by atoms with Crippen LogP contribution in [0.15, 0.2) is 0 Å². The molecular formula is C7H13NO6S. The van der Waals surface area contributed by atoms with Gasteiger partial charge in [-0.3, -0.25) is 0 Å². The Balaban J connectivity index is 2.70. The average molecular weight is 239 g/mol. The molecule has 0 aliphatic carbocycles. The SMILES string of the molecule is O=C(O)N[C@@H]1[C@@H](O)[C@H](O)[C@@H](CO)S[C@@H]1O. The van der Waals surface area contributed by atoms with E-state index >= 15 is 0 Å². The first-order valence-electron chi connectivity index (χ1n) is 4.27. The maximum absolute atomic E-state index is 10.3. The molecule has 0 bridgehead atoms. The molecule has 0 aromatic carbocycles. The highest BCUT2D eigenvalue weighted by molar-refractivity contribution is 8.00. The molecule has 1 heterocycles. The maximum Gasteiger partial charge on any atom is 0.405 e. The van der Waals surface area contributed by atoms with E-state index in [0.717, 1.165) is 11.8 Å². The first kappa shape index (κ1) is 12.5. The summed E-state index contributed by atoms with van der Waals surface area (Å²) < 4.78 is 0. The summed E-state index contributed by atoms with van der Waals surface area (Å²) in [4.78, 5) is 10.3. The van der Waals surface area contributed by atoms with Gasteiger partial charge in [0.1, 0.15) is 11.5 Å². The minimum absolute atomic E-state index is 0.403. The van der Waals surface area contributed by atoms with Crippen molar-refractivity contribution in [3.63, 3.8) is 0 Å². The van der Waals surface area contributed by atoms with Gasteiger partial charge in [0.05, 0.1) is 24.0 Å². The molecule has 1 saturated heterocycles. The van der Waals surface area contributed by atoms with Crippen LogP contribution >= 0.6 is 11.8 Å². The van der Waals surface area contributed by atoms with Crippen LogP contribution < -0.4 is 5.32 Å². The highest BCUT2D eigenvalue weighted by atomic mass is 32.2. The van der Waals surface area contributed by atoms with Crippen molar-refractivity contribution in [3.8, 4) is 0 Å². The molecule has 7 nitrogen and oxygen atoms in total. The fraction of sp³-hybridized carbons (Fsp3) is 0.857. The van der Waals surface area contributed by atoms with Crippen molar-refractivity contribution < 1.29 is 30.3 Å². The molecule has 0 saturated carbocycles. The fourth-order valence-electron chi connectivity index (χ4n) is 1.40. The van der Waals surface area contributed by atoms with Gasteiger partial charge in [-0.2, -0.15) is 0 Å². The van der Waals surface area contributed by atoms with Crippen molar-refractivity contribution in [3.05, 3.63) is 0 Å². The van der Waals surface area contributed by atoms with E-state index in [1.165, 1.54) is 0 Å². The van der Waals surface area contributed by atoms with Crippen molar-refractivity contribution in [1.82, 2.24) is 5.32 Å². The average Bonchev–Trinajstić information content (AvgIpc) is 2.18. The van der Waals surface area contributed by atoms with Crippen LogP contribution in [0, 0.1) is 0 Å². The number of hydrogen-bond donors (Lipinski definition) is 6. The lowest BCUT2D eigenvalue weighted by atomic mass is 10.0. The number of thioether (sulfide) groups is 1. The standard InChI is InChI=1S/C7H13NO6S/c9-1-2-4(10)5(11)3(6(12)15-2)8-7(13)14/h2-6,8-12H,1H2,(H,13,14)/t2-,3-,4-,5-,6+/m1/s1. The Labute approximate surface area is 89.7 Å². The van der Waals surface area contributed by atoms with Gasteiger partial charge < -0.3 is 30.8 Å². The molecule has 88 valence electrons. The predicted octanol–water partition coefficient (Wildman–Crippen LogP) is -2.23. The summed E-state index contributed by atoms with van der Waals surface area (Å²) in [6, 6.07) is -1.16. The minimum atomic E-state index is -1.44. The van der Waals surface area contributed by atoms with Gasteiger partial charge in [0.25, 0.3) is 0 Å². The third kappa shape index (κ3) is 2.73. The zero-order valence-corrected chi connectivity index (χ0v) is 8.46. The number of hydrogen-bond acceptors (Lipinski definition) is 6. The first-order valence-corrected chi connectivity index (χ1v) is 5.21. The summed E-state index contributed by atoms with van der Waals surface area (Å²) in [5.41, 5.74) is -1.20. The Morgan fingerprint density at radius 1 is 1.27 bits per heavy atom. The summed E-state index contributed by atoms with van der Waals surface area (Å²) in [6.45, 7) is -0.403. The molecule has 0 spiro atoms.